The van der Waals surface area contributed by atoms with E-state index in [1.807, 2.05) is 0 Å². The standard InChI is InChI=1S/C21H28N2O7S/c1-14(17-11-15(27-2)7-9-19(17)29-4)22-21(24)13-23(31(6,25)26)18-12-16(28-3)8-10-20(18)30-5/h7-12,14H,13H2,1-6H3,(H,22,24)/t14-/m0/s1. The van der Waals surface area contributed by atoms with Crippen molar-refractivity contribution in [1.29, 1.82) is 0 Å². The highest BCUT2D eigenvalue weighted by Crippen LogP contribution is 2.34. The quantitative estimate of drug-likeness (QED) is 0.590. The molecule has 0 heterocycles. The van der Waals surface area contributed by atoms with Crippen LogP contribution >= 0.6 is 0 Å². The number of carbonyl (C=O) groups excluding carboxylic acids is 1. The first-order valence-electron chi connectivity index (χ1n) is 9.35. The Morgan fingerprint density at radius 1 is 0.935 bits per heavy atom. The molecule has 0 aliphatic heterocycles. The highest BCUT2D eigenvalue weighted by Gasteiger charge is 2.26. The van der Waals surface area contributed by atoms with Gasteiger partial charge in [-0.3, -0.25) is 9.10 Å². The van der Waals surface area contributed by atoms with E-state index >= 15 is 0 Å². The zero-order chi connectivity index (χ0) is 23.2. The normalized spacial score (nSPS) is 11.9. The molecule has 1 N–H and O–H groups in total. The first-order valence-corrected chi connectivity index (χ1v) is 11.2. The molecular weight excluding hydrogens is 424 g/mol. The summed E-state index contributed by atoms with van der Waals surface area (Å²) in [5.41, 5.74) is 0.895. The van der Waals surface area contributed by atoms with E-state index in [1.54, 1.807) is 44.4 Å². The summed E-state index contributed by atoms with van der Waals surface area (Å²) >= 11 is 0. The number of ether oxygens (including phenoxy) is 4. The van der Waals surface area contributed by atoms with Gasteiger partial charge >= 0.3 is 0 Å². The van der Waals surface area contributed by atoms with Gasteiger partial charge in [0.15, 0.2) is 0 Å². The SMILES string of the molecule is COc1ccc(OC)c([C@H](C)NC(=O)CN(c2cc(OC)ccc2OC)S(C)(=O)=O)c1. The first-order chi connectivity index (χ1) is 14.6. The number of hydrogen-bond acceptors (Lipinski definition) is 7. The van der Waals surface area contributed by atoms with Crippen LogP contribution in [0.5, 0.6) is 23.0 Å². The molecule has 0 aliphatic carbocycles. The molecule has 0 aromatic heterocycles. The van der Waals surface area contributed by atoms with E-state index in [2.05, 4.69) is 5.32 Å². The molecular formula is C21H28N2O7S. The monoisotopic (exact) mass is 452 g/mol. The van der Waals surface area contributed by atoms with Crippen LogP contribution in [0.4, 0.5) is 5.69 Å². The molecule has 2 aromatic carbocycles. The Balaban J connectivity index is 2.31. The maximum Gasteiger partial charge on any atom is 0.241 e. The van der Waals surface area contributed by atoms with Gasteiger partial charge in [-0.2, -0.15) is 0 Å². The summed E-state index contributed by atoms with van der Waals surface area (Å²) in [6, 6.07) is 9.49. The number of nitrogens with zero attached hydrogens (tertiary/aromatic N) is 1. The zero-order valence-electron chi connectivity index (χ0n) is 18.5. The highest BCUT2D eigenvalue weighted by atomic mass is 32.2. The third-order valence-electron chi connectivity index (χ3n) is 4.62. The van der Waals surface area contributed by atoms with E-state index in [-0.39, 0.29) is 5.69 Å². The van der Waals surface area contributed by atoms with Crippen LogP contribution in [0.15, 0.2) is 36.4 Å². The van der Waals surface area contributed by atoms with Gasteiger partial charge in [-0.05, 0) is 37.3 Å². The van der Waals surface area contributed by atoms with Gasteiger partial charge in [0, 0.05) is 11.6 Å². The van der Waals surface area contributed by atoms with Gasteiger partial charge < -0.3 is 24.3 Å². The van der Waals surface area contributed by atoms with Crippen molar-refractivity contribution in [3.8, 4) is 23.0 Å². The number of hydrogen-bond donors (Lipinski definition) is 1. The molecule has 1 amide bonds. The maximum absolute atomic E-state index is 12.8. The van der Waals surface area contributed by atoms with Gasteiger partial charge in [0.05, 0.1) is 46.4 Å². The van der Waals surface area contributed by atoms with Crippen LogP contribution in [0.2, 0.25) is 0 Å². The van der Waals surface area contributed by atoms with Gasteiger partial charge in [0.25, 0.3) is 0 Å². The van der Waals surface area contributed by atoms with Crippen molar-refractivity contribution in [2.24, 2.45) is 0 Å². The van der Waals surface area contributed by atoms with Crippen LogP contribution in [-0.4, -0.2) is 55.6 Å². The number of carbonyl (C=O) groups is 1. The van der Waals surface area contributed by atoms with Crippen molar-refractivity contribution in [2.45, 2.75) is 13.0 Å². The Morgan fingerprint density at radius 2 is 1.48 bits per heavy atom. The summed E-state index contributed by atoms with van der Waals surface area (Å²) in [7, 11) is 2.15. The number of sulfonamides is 1. The van der Waals surface area contributed by atoms with Gasteiger partial charge in [0.1, 0.15) is 29.5 Å². The molecule has 1 atom stereocenters. The lowest BCUT2D eigenvalue weighted by atomic mass is 10.1. The minimum Gasteiger partial charge on any atom is -0.497 e. The van der Waals surface area contributed by atoms with Crippen LogP contribution < -0.4 is 28.6 Å². The average Bonchev–Trinajstić information content (AvgIpc) is 2.75. The minimum atomic E-state index is -3.80. The second-order valence-corrected chi connectivity index (χ2v) is 8.61. The van der Waals surface area contributed by atoms with E-state index in [1.165, 1.54) is 27.4 Å². The number of anilines is 1. The molecule has 0 spiro atoms. The third-order valence-corrected chi connectivity index (χ3v) is 5.75. The summed E-state index contributed by atoms with van der Waals surface area (Å²) in [5, 5.41) is 2.81. The predicted octanol–water partition coefficient (Wildman–Crippen LogP) is 2.36. The van der Waals surface area contributed by atoms with Crippen molar-refractivity contribution in [3.63, 3.8) is 0 Å². The van der Waals surface area contributed by atoms with Crippen molar-refractivity contribution in [2.75, 3.05) is 45.5 Å². The fourth-order valence-corrected chi connectivity index (χ4v) is 3.90. The Bertz CT molecular complexity index is 1020. The van der Waals surface area contributed by atoms with E-state index in [0.717, 1.165) is 10.6 Å². The van der Waals surface area contributed by atoms with Crippen molar-refractivity contribution in [1.82, 2.24) is 5.32 Å². The fourth-order valence-electron chi connectivity index (χ4n) is 3.05. The topological polar surface area (TPSA) is 103 Å². The average molecular weight is 453 g/mol. The summed E-state index contributed by atoms with van der Waals surface area (Å²) in [6.45, 7) is 1.32. The lowest BCUT2D eigenvalue weighted by Crippen LogP contribution is -2.41. The Hall–Kier alpha value is -3.14. The Morgan fingerprint density at radius 3 is 2.00 bits per heavy atom. The lowest BCUT2D eigenvalue weighted by molar-refractivity contribution is -0.120. The van der Waals surface area contributed by atoms with Gasteiger partial charge in [0.2, 0.25) is 15.9 Å². The van der Waals surface area contributed by atoms with Crippen LogP contribution in [0.25, 0.3) is 0 Å². The van der Waals surface area contributed by atoms with Gasteiger partial charge in [-0.25, -0.2) is 8.42 Å². The molecule has 0 bridgehead atoms. The second kappa shape index (κ2) is 10.3. The van der Waals surface area contributed by atoms with Crippen molar-refractivity contribution < 1.29 is 32.2 Å². The predicted molar refractivity (Wildman–Crippen MR) is 118 cm³/mol. The molecule has 0 unspecified atom stereocenters. The van der Waals surface area contributed by atoms with Crippen LogP contribution in [0.1, 0.15) is 18.5 Å². The molecule has 0 saturated carbocycles. The van der Waals surface area contributed by atoms with E-state index in [4.69, 9.17) is 18.9 Å². The van der Waals surface area contributed by atoms with Gasteiger partial charge in [-0.15, -0.1) is 0 Å². The molecule has 0 aliphatic rings. The molecule has 0 saturated heterocycles. The number of amides is 1. The second-order valence-electron chi connectivity index (χ2n) is 6.70. The van der Waals surface area contributed by atoms with Crippen molar-refractivity contribution >= 4 is 21.6 Å². The first kappa shape index (κ1) is 24.1. The maximum atomic E-state index is 12.8. The largest absolute Gasteiger partial charge is 0.497 e. The van der Waals surface area contributed by atoms with E-state index < -0.39 is 28.5 Å². The molecule has 170 valence electrons. The summed E-state index contributed by atoms with van der Waals surface area (Å²) in [4.78, 5) is 12.8. The smallest absolute Gasteiger partial charge is 0.241 e. The van der Waals surface area contributed by atoms with Crippen LogP contribution in [-0.2, 0) is 14.8 Å². The zero-order valence-corrected chi connectivity index (χ0v) is 19.3. The third kappa shape index (κ3) is 5.94. The number of methoxy groups -OCH3 is 4. The van der Waals surface area contributed by atoms with Crippen LogP contribution in [0.3, 0.4) is 0 Å². The number of rotatable bonds is 10. The summed E-state index contributed by atoms with van der Waals surface area (Å²) < 4.78 is 47.0. The molecule has 2 rings (SSSR count). The van der Waals surface area contributed by atoms with E-state index in [9.17, 15) is 13.2 Å². The Kier molecular flexibility index (Phi) is 7.98. The van der Waals surface area contributed by atoms with Crippen molar-refractivity contribution in [3.05, 3.63) is 42.0 Å². The molecule has 0 radical (unpaired) electrons. The molecule has 31 heavy (non-hydrogen) atoms. The summed E-state index contributed by atoms with van der Waals surface area (Å²) in [5.74, 6) is 1.40. The van der Waals surface area contributed by atoms with Gasteiger partial charge in [-0.1, -0.05) is 0 Å². The lowest BCUT2D eigenvalue weighted by Gasteiger charge is -2.25. The Labute approximate surface area is 182 Å². The minimum absolute atomic E-state index is 0.200. The van der Waals surface area contributed by atoms with Crippen LogP contribution in [0, 0.1) is 0 Å². The highest BCUT2D eigenvalue weighted by molar-refractivity contribution is 7.92. The molecule has 9 nitrogen and oxygen atoms in total. The molecule has 0 fully saturated rings. The molecule has 10 heteroatoms. The number of benzene rings is 2. The fraction of sp³-hybridized carbons (Fsp3) is 0.381. The number of nitrogens with one attached hydrogen (secondary N) is 1. The molecule has 2 aromatic rings. The van der Waals surface area contributed by atoms with E-state index in [0.29, 0.717) is 28.6 Å². The summed E-state index contributed by atoms with van der Waals surface area (Å²) in [6.07, 6.45) is 1.02.